The van der Waals surface area contributed by atoms with Gasteiger partial charge in [0.2, 0.25) is 0 Å². The van der Waals surface area contributed by atoms with Gasteiger partial charge in [-0.2, -0.15) is 0 Å². The van der Waals surface area contributed by atoms with E-state index in [0.29, 0.717) is 36.1 Å². The monoisotopic (exact) mass is 328 g/mol. The maximum absolute atomic E-state index is 11.8. The van der Waals surface area contributed by atoms with Crippen LogP contribution >= 0.6 is 0 Å². The fourth-order valence-corrected chi connectivity index (χ4v) is 7.39. The minimum absolute atomic E-state index is 0.0128. The van der Waals surface area contributed by atoms with Gasteiger partial charge >= 0.3 is 0 Å². The van der Waals surface area contributed by atoms with Gasteiger partial charge in [0.1, 0.15) is 0 Å². The van der Waals surface area contributed by atoms with Crippen molar-refractivity contribution in [2.24, 2.45) is 22.7 Å². The first-order valence-corrected chi connectivity index (χ1v) is 9.62. The molecule has 1 spiro atoms. The smallest absolute Gasteiger partial charge is 0.156 e. The number of ketones is 1. The SMILES string of the molecule is COC[C@]1(O)C[C@H]2C[C@]23[C@@H]2CCC4=CC(=O)CCC4=C2CC[C@]13C. The van der Waals surface area contributed by atoms with Crippen molar-refractivity contribution in [1.29, 1.82) is 0 Å². The van der Waals surface area contributed by atoms with Gasteiger partial charge in [-0.3, -0.25) is 4.79 Å². The lowest BCUT2D eigenvalue weighted by atomic mass is 9.51. The van der Waals surface area contributed by atoms with Crippen molar-refractivity contribution >= 4 is 5.78 Å². The Labute approximate surface area is 144 Å². The first-order chi connectivity index (χ1) is 11.5. The van der Waals surface area contributed by atoms with E-state index in [0.717, 1.165) is 32.1 Å². The number of carbonyl (C=O) groups is 1. The first-order valence-electron chi connectivity index (χ1n) is 9.62. The van der Waals surface area contributed by atoms with Crippen molar-refractivity contribution in [2.45, 2.75) is 63.9 Å². The van der Waals surface area contributed by atoms with Crippen LogP contribution in [0, 0.1) is 22.7 Å². The lowest BCUT2D eigenvalue weighted by Crippen LogP contribution is -2.55. The molecule has 0 aliphatic heterocycles. The Hall–Kier alpha value is -0.930. The van der Waals surface area contributed by atoms with Crippen molar-refractivity contribution in [3.63, 3.8) is 0 Å². The lowest BCUT2D eigenvalue weighted by Gasteiger charge is -2.54. The second-order valence-corrected chi connectivity index (χ2v) is 9.17. The molecule has 5 aliphatic rings. The molecule has 0 radical (unpaired) electrons. The highest BCUT2D eigenvalue weighted by Gasteiger charge is 2.80. The maximum atomic E-state index is 11.8. The van der Waals surface area contributed by atoms with Crippen molar-refractivity contribution in [3.8, 4) is 0 Å². The molecule has 3 nitrogen and oxygen atoms in total. The highest BCUT2D eigenvalue weighted by atomic mass is 16.5. The Morgan fingerprint density at radius 3 is 2.88 bits per heavy atom. The normalized spacial score (nSPS) is 49.1. The summed E-state index contributed by atoms with van der Waals surface area (Å²) in [6.45, 7) is 2.82. The lowest BCUT2D eigenvalue weighted by molar-refractivity contribution is -0.145. The van der Waals surface area contributed by atoms with Gasteiger partial charge < -0.3 is 9.84 Å². The average Bonchev–Trinajstić information content (AvgIpc) is 3.20. The molecule has 0 aromatic carbocycles. The molecule has 3 fully saturated rings. The van der Waals surface area contributed by atoms with Gasteiger partial charge in [0, 0.05) is 18.9 Å². The van der Waals surface area contributed by atoms with Crippen LogP contribution in [0.5, 0.6) is 0 Å². The molecule has 3 saturated carbocycles. The molecule has 0 unspecified atom stereocenters. The van der Waals surface area contributed by atoms with Crippen LogP contribution in [-0.4, -0.2) is 30.2 Å². The Kier molecular flexibility index (Phi) is 2.95. The quantitative estimate of drug-likeness (QED) is 0.843. The summed E-state index contributed by atoms with van der Waals surface area (Å²) < 4.78 is 5.43. The summed E-state index contributed by atoms with van der Waals surface area (Å²) in [5.74, 6) is 1.61. The molecule has 0 heterocycles. The second-order valence-electron chi connectivity index (χ2n) is 9.17. The molecule has 0 amide bonds. The number of fused-ring (bicyclic) bond motifs is 2. The van der Waals surface area contributed by atoms with Crippen molar-refractivity contribution in [3.05, 3.63) is 22.8 Å². The summed E-state index contributed by atoms with van der Waals surface area (Å²) in [6.07, 6.45) is 10.2. The molecule has 0 aromatic heterocycles. The van der Waals surface area contributed by atoms with E-state index in [4.69, 9.17) is 4.74 Å². The standard InChI is InChI=1S/C21H28O3/c1-19-8-7-17-16-5-4-15(22)9-13(16)3-6-18(17)21(19)11-14(21)10-20(19,23)12-24-2/h9,14,18,23H,3-8,10-12H2,1-2H3/t14-,18+,19+,20+,21+/m0/s1. The molecule has 5 aliphatic carbocycles. The van der Waals surface area contributed by atoms with Gasteiger partial charge in [-0.05, 0) is 79.4 Å². The molecule has 0 saturated heterocycles. The number of rotatable bonds is 2. The topological polar surface area (TPSA) is 46.5 Å². The Morgan fingerprint density at radius 1 is 1.25 bits per heavy atom. The molecule has 3 heteroatoms. The van der Waals surface area contributed by atoms with Crippen LogP contribution in [-0.2, 0) is 9.53 Å². The second kappa shape index (κ2) is 4.62. The zero-order valence-electron chi connectivity index (χ0n) is 14.9. The zero-order chi connectivity index (χ0) is 16.7. The third-order valence-electron chi connectivity index (χ3n) is 8.55. The van der Waals surface area contributed by atoms with Crippen LogP contribution in [0.2, 0.25) is 0 Å². The summed E-state index contributed by atoms with van der Waals surface area (Å²) in [5.41, 5.74) is 4.14. The van der Waals surface area contributed by atoms with E-state index < -0.39 is 5.60 Å². The average molecular weight is 328 g/mol. The highest BCUT2D eigenvalue weighted by molar-refractivity contribution is 5.93. The Bertz CT molecular complexity index is 689. The van der Waals surface area contributed by atoms with Gasteiger partial charge in [-0.25, -0.2) is 0 Å². The molecule has 5 rings (SSSR count). The first kappa shape index (κ1) is 15.3. The molecule has 130 valence electrons. The van der Waals surface area contributed by atoms with Crippen LogP contribution in [0.1, 0.15) is 58.3 Å². The number of aliphatic hydroxyl groups is 1. The Balaban J connectivity index is 1.59. The summed E-state index contributed by atoms with van der Waals surface area (Å²) in [6, 6.07) is 0. The predicted octanol–water partition coefficient (Wildman–Crippen LogP) is 3.57. The van der Waals surface area contributed by atoms with Crippen LogP contribution in [0.25, 0.3) is 0 Å². The van der Waals surface area contributed by atoms with Crippen LogP contribution in [0.3, 0.4) is 0 Å². The molecule has 0 bridgehead atoms. The largest absolute Gasteiger partial charge is 0.387 e. The third kappa shape index (κ3) is 1.59. The van der Waals surface area contributed by atoms with Gasteiger partial charge in [0.05, 0.1) is 12.2 Å². The molecule has 5 atom stereocenters. The third-order valence-corrected chi connectivity index (χ3v) is 8.55. The summed E-state index contributed by atoms with van der Waals surface area (Å²) in [4.78, 5) is 11.8. The van der Waals surface area contributed by atoms with Gasteiger partial charge in [-0.1, -0.05) is 12.5 Å². The number of allylic oxidation sites excluding steroid dienone is 4. The van der Waals surface area contributed by atoms with E-state index in [9.17, 15) is 9.90 Å². The zero-order valence-corrected chi connectivity index (χ0v) is 14.9. The highest BCUT2D eigenvalue weighted by Crippen LogP contribution is 2.83. The van der Waals surface area contributed by atoms with Crippen LogP contribution in [0.15, 0.2) is 22.8 Å². The van der Waals surface area contributed by atoms with Crippen LogP contribution < -0.4 is 0 Å². The van der Waals surface area contributed by atoms with Gasteiger partial charge in [-0.15, -0.1) is 0 Å². The van der Waals surface area contributed by atoms with Crippen molar-refractivity contribution < 1.29 is 14.6 Å². The number of methoxy groups -OCH3 is 1. The van der Waals surface area contributed by atoms with Crippen molar-refractivity contribution in [1.82, 2.24) is 0 Å². The van der Waals surface area contributed by atoms with Gasteiger partial charge in [0.25, 0.3) is 0 Å². The van der Waals surface area contributed by atoms with Crippen molar-refractivity contribution in [2.75, 3.05) is 13.7 Å². The predicted molar refractivity (Wildman–Crippen MR) is 91.4 cm³/mol. The summed E-state index contributed by atoms with van der Waals surface area (Å²) in [7, 11) is 1.71. The van der Waals surface area contributed by atoms with E-state index in [1.807, 2.05) is 6.08 Å². The van der Waals surface area contributed by atoms with E-state index >= 15 is 0 Å². The molecular formula is C21H28O3. The number of carbonyl (C=O) groups excluding carboxylic acids is 1. The molecule has 1 N–H and O–H groups in total. The molecule has 24 heavy (non-hydrogen) atoms. The summed E-state index contributed by atoms with van der Waals surface area (Å²) >= 11 is 0. The molecular weight excluding hydrogens is 300 g/mol. The van der Waals surface area contributed by atoms with E-state index in [1.54, 1.807) is 12.7 Å². The van der Waals surface area contributed by atoms with E-state index in [2.05, 4.69) is 6.92 Å². The Morgan fingerprint density at radius 2 is 2.08 bits per heavy atom. The summed E-state index contributed by atoms with van der Waals surface area (Å²) in [5, 5.41) is 11.4. The molecule has 0 aromatic rings. The number of ether oxygens (including phenoxy) is 1. The van der Waals surface area contributed by atoms with E-state index in [1.165, 1.54) is 24.0 Å². The maximum Gasteiger partial charge on any atom is 0.156 e. The van der Waals surface area contributed by atoms with Crippen LogP contribution in [0.4, 0.5) is 0 Å². The van der Waals surface area contributed by atoms with E-state index in [-0.39, 0.29) is 5.41 Å². The number of hydrogen-bond donors (Lipinski definition) is 1. The fourth-order valence-electron chi connectivity index (χ4n) is 7.39. The van der Waals surface area contributed by atoms with Gasteiger partial charge in [0.15, 0.2) is 5.78 Å². The number of hydrogen-bond acceptors (Lipinski definition) is 3. The minimum atomic E-state index is -0.653. The fraction of sp³-hybridized carbons (Fsp3) is 0.762. The minimum Gasteiger partial charge on any atom is -0.387 e.